The van der Waals surface area contributed by atoms with Gasteiger partial charge >= 0.3 is 0 Å². The van der Waals surface area contributed by atoms with Gasteiger partial charge in [0.2, 0.25) is 0 Å². The number of nitrogens with one attached hydrogen (secondary N) is 1. The molecule has 0 aliphatic rings. The molecule has 1 aromatic heterocycles. The van der Waals surface area contributed by atoms with E-state index in [1.54, 1.807) is 0 Å². The highest BCUT2D eigenvalue weighted by Crippen LogP contribution is 2.16. The van der Waals surface area contributed by atoms with Crippen molar-refractivity contribution in [2.75, 3.05) is 39.1 Å². The molecule has 0 aliphatic carbocycles. The highest BCUT2D eigenvalue weighted by molar-refractivity contribution is 7.09. The van der Waals surface area contributed by atoms with Gasteiger partial charge in [-0.1, -0.05) is 12.1 Å². The van der Waals surface area contributed by atoms with Crippen molar-refractivity contribution in [1.82, 2.24) is 4.90 Å². The summed E-state index contributed by atoms with van der Waals surface area (Å²) < 4.78 is 5.78. The highest BCUT2D eigenvalue weighted by Gasteiger charge is 2.01. The van der Waals surface area contributed by atoms with Gasteiger partial charge in [0.15, 0.2) is 0 Å². The van der Waals surface area contributed by atoms with Gasteiger partial charge in [-0.2, -0.15) is 0 Å². The summed E-state index contributed by atoms with van der Waals surface area (Å²) in [4.78, 5) is 3.75. The minimum Gasteiger partial charge on any atom is -0.492 e. The summed E-state index contributed by atoms with van der Waals surface area (Å²) >= 11 is 1.82. The third kappa shape index (κ3) is 4.87. The van der Waals surface area contributed by atoms with Gasteiger partial charge in [0.05, 0.1) is 0 Å². The second kappa shape index (κ2) is 7.92. The van der Waals surface area contributed by atoms with Crippen LogP contribution in [0, 0.1) is 0 Å². The standard InChI is InChI=1S/C16H22N2OS/c1-17-14-5-3-6-15(13-14)19-11-10-18(2)9-8-16-7-4-12-20-16/h3-7,12-13,17H,8-11H2,1-2H3. The Balaban J connectivity index is 1.66. The second-order valence-electron chi connectivity index (χ2n) is 4.76. The number of thiophene rings is 1. The van der Waals surface area contributed by atoms with E-state index in [0.29, 0.717) is 6.61 Å². The number of rotatable bonds is 8. The van der Waals surface area contributed by atoms with Crippen LogP contribution in [0.4, 0.5) is 5.69 Å². The lowest BCUT2D eigenvalue weighted by Crippen LogP contribution is -2.26. The summed E-state index contributed by atoms with van der Waals surface area (Å²) in [6, 6.07) is 12.3. The van der Waals surface area contributed by atoms with Crippen LogP contribution in [0.15, 0.2) is 41.8 Å². The second-order valence-corrected chi connectivity index (χ2v) is 5.79. The molecule has 1 aromatic carbocycles. The molecule has 4 heteroatoms. The third-order valence-electron chi connectivity index (χ3n) is 3.18. The predicted molar refractivity (Wildman–Crippen MR) is 87.0 cm³/mol. The van der Waals surface area contributed by atoms with Gasteiger partial charge in [-0.15, -0.1) is 11.3 Å². The van der Waals surface area contributed by atoms with Crippen LogP contribution in [-0.2, 0) is 6.42 Å². The normalized spacial score (nSPS) is 10.8. The van der Waals surface area contributed by atoms with Crippen LogP contribution in [0.3, 0.4) is 0 Å². The van der Waals surface area contributed by atoms with Gasteiger partial charge in [-0.25, -0.2) is 0 Å². The number of likely N-dealkylation sites (N-methyl/N-ethyl adjacent to an activating group) is 1. The first kappa shape index (κ1) is 14.9. The molecule has 108 valence electrons. The molecule has 0 atom stereocenters. The Morgan fingerprint density at radius 1 is 1.20 bits per heavy atom. The van der Waals surface area contributed by atoms with Crippen LogP contribution < -0.4 is 10.1 Å². The molecule has 1 heterocycles. The van der Waals surface area contributed by atoms with Crippen molar-refractivity contribution in [3.8, 4) is 5.75 Å². The van der Waals surface area contributed by atoms with Crippen molar-refractivity contribution >= 4 is 17.0 Å². The first-order valence-corrected chi connectivity index (χ1v) is 7.77. The Bertz CT molecular complexity index is 499. The lowest BCUT2D eigenvalue weighted by Gasteiger charge is -2.16. The molecule has 0 saturated heterocycles. The fourth-order valence-corrected chi connectivity index (χ4v) is 2.63. The maximum absolute atomic E-state index is 5.78. The maximum Gasteiger partial charge on any atom is 0.121 e. The molecule has 20 heavy (non-hydrogen) atoms. The first-order chi connectivity index (χ1) is 9.78. The fraction of sp³-hybridized carbons (Fsp3) is 0.375. The summed E-state index contributed by atoms with van der Waals surface area (Å²) in [5.74, 6) is 0.920. The minimum absolute atomic E-state index is 0.716. The highest BCUT2D eigenvalue weighted by atomic mass is 32.1. The average molecular weight is 290 g/mol. The Hall–Kier alpha value is -1.52. The number of benzene rings is 1. The predicted octanol–water partition coefficient (Wildman–Crippen LogP) is 3.34. The van der Waals surface area contributed by atoms with E-state index < -0.39 is 0 Å². The Labute approximate surface area is 125 Å². The Kier molecular flexibility index (Phi) is 5.89. The smallest absolute Gasteiger partial charge is 0.121 e. The average Bonchev–Trinajstić information content (AvgIpc) is 2.99. The molecule has 1 N–H and O–H groups in total. The first-order valence-electron chi connectivity index (χ1n) is 6.89. The van der Waals surface area contributed by atoms with E-state index in [9.17, 15) is 0 Å². The van der Waals surface area contributed by atoms with E-state index in [2.05, 4.69) is 34.8 Å². The third-order valence-corrected chi connectivity index (χ3v) is 4.12. The molecular weight excluding hydrogens is 268 g/mol. The zero-order chi connectivity index (χ0) is 14.2. The van der Waals surface area contributed by atoms with Crippen LogP contribution in [0.25, 0.3) is 0 Å². The Morgan fingerprint density at radius 3 is 2.85 bits per heavy atom. The SMILES string of the molecule is CNc1cccc(OCCN(C)CCc2cccs2)c1. The van der Waals surface area contributed by atoms with Crippen LogP contribution in [0.1, 0.15) is 4.88 Å². The molecule has 0 unspecified atom stereocenters. The number of hydrogen-bond donors (Lipinski definition) is 1. The molecule has 0 bridgehead atoms. The van der Waals surface area contributed by atoms with Crippen LogP contribution in [0.2, 0.25) is 0 Å². The van der Waals surface area contributed by atoms with Crippen LogP contribution in [0.5, 0.6) is 5.75 Å². The lowest BCUT2D eigenvalue weighted by atomic mass is 10.3. The zero-order valence-corrected chi connectivity index (χ0v) is 13.0. The summed E-state index contributed by atoms with van der Waals surface area (Å²) in [6.07, 6.45) is 1.11. The summed E-state index contributed by atoms with van der Waals surface area (Å²) in [7, 11) is 4.05. The topological polar surface area (TPSA) is 24.5 Å². The van der Waals surface area contributed by atoms with Crippen LogP contribution in [-0.4, -0.2) is 38.7 Å². The van der Waals surface area contributed by atoms with Gasteiger partial charge in [0.1, 0.15) is 12.4 Å². The number of anilines is 1. The molecule has 3 nitrogen and oxygen atoms in total. The number of ether oxygens (including phenoxy) is 1. The molecule has 0 saturated carbocycles. The van der Waals surface area contributed by atoms with Crippen LogP contribution >= 0.6 is 11.3 Å². The fourth-order valence-electron chi connectivity index (χ4n) is 1.93. The van der Waals surface area contributed by atoms with Crippen molar-refractivity contribution in [3.63, 3.8) is 0 Å². The number of nitrogens with zero attached hydrogens (tertiary/aromatic N) is 1. The molecule has 0 fully saturated rings. The van der Waals surface area contributed by atoms with Crippen molar-refractivity contribution < 1.29 is 4.74 Å². The summed E-state index contributed by atoms with van der Waals surface area (Å²) in [5, 5.41) is 5.25. The molecular formula is C16H22N2OS. The van der Waals surface area contributed by atoms with Crippen molar-refractivity contribution in [2.45, 2.75) is 6.42 Å². The van der Waals surface area contributed by atoms with E-state index in [0.717, 1.165) is 30.9 Å². The van der Waals surface area contributed by atoms with Gasteiger partial charge in [0, 0.05) is 36.8 Å². The summed E-state index contributed by atoms with van der Waals surface area (Å²) in [5.41, 5.74) is 1.08. The molecule has 2 aromatic rings. The number of hydrogen-bond acceptors (Lipinski definition) is 4. The largest absolute Gasteiger partial charge is 0.492 e. The molecule has 0 radical (unpaired) electrons. The van der Waals surface area contributed by atoms with E-state index in [4.69, 9.17) is 4.74 Å². The van der Waals surface area contributed by atoms with E-state index in [-0.39, 0.29) is 0 Å². The van der Waals surface area contributed by atoms with Gasteiger partial charge in [-0.05, 0) is 37.0 Å². The van der Waals surface area contributed by atoms with Crippen molar-refractivity contribution in [1.29, 1.82) is 0 Å². The van der Waals surface area contributed by atoms with E-state index >= 15 is 0 Å². The lowest BCUT2D eigenvalue weighted by molar-refractivity contribution is 0.239. The van der Waals surface area contributed by atoms with Gasteiger partial charge in [-0.3, -0.25) is 0 Å². The monoisotopic (exact) mass is 290 g/mol. The van der Waals surface area contributed by atoms with Crippen molar-refractivity contribution in [3.05, 3.63) is 46.7 Å². The van der Waals surface area contributed by atoms with E-state index in [1.807, 2.05) is 42.6 Å². The van der Waals surface area contributed by atoms with E-state index in [1.165, 1.54) is 4.88 Å². The Morgan fingerprint density at radius 2 is 2.10 bits per heavy atom. The van der Waals surface area contributed by atoms with Crippen molar-refractivity contribution in [2.24, 2.45) is 0 Å². The minimum atomic E-state index is 0.716. The molecule has 2 rings (SSSR count). The maximum atomic E-state index is 5.78. The molecule has 0 spiro atoms. The van der Waals surface area contributed by atoms with Gasteiger partial charge in [0.25, 0.3) is 0 Å². The molecule has 0 aliphatic heterocycles. The molecule has 0 amide bonds. The van der Waals surface area contributed by atoms with Gasteiger partial charge < -0.3 is 15.0 Å². The quantitative estimate of drug-likeness (QED) is 0.807. The summed E-state index contributed by atoms with van der Waals surface area (Å²) in [6.45, 7) is 2.73. The zero-order valence-electron chi connectivity index (χ0n) is 12.1.